The van der Waals surface area contributed by atoms with Crippen LogP contribution in [0, 0.1) is 11.5 Å². The molecule has 1 radical (unpaired) electrons. The largest absolute Gasteiger partial charge is 0.284 e. The summed E-state index contributed by atoms with van der Waals surface area (Å²) in [5.74, 6) is 2.29. The summed E-state index contributed by atoms with van der Waals surface area (Å²) in [7, 11) is -1.30. The van der Waals surface area contributed by atoms with Gasteiger partial charge in [0, 0.05) is 0 Å². The van der Waals surface area contributed by atoms with Gasteiger partial charge >= 0.3 is 0 Å². The van der Waals surface area contributed by atoms with Crippen LogP contribution in [0.3, 0.4) is 0 Å². The Morgan fingerprint density at radius 1 is 1.25 bits per heavy atom. The predicted octanol–water partition coefficient (Wildman–Crippen LogP) is 0.977. The molecule has 2 heteroatoms. The number of rotatable bonds is 0. The molecule has 8 heavy (non-hydrogen) atoms. The molecule has 0 saturated heterocycles. The van der Waals surface area contributed by atoms with Gasteiger partial charge in [-0.3, -0.25) is 4.79 Å². The van der Waals surface area contributed by atoms with Gasteiger partial charge in [0.1, 0.15) is 8.07 Å². The maximum absolute atomic E-state index is 9.58. The summed E-state index contributed by atoms with van der Waals surface area (Å²) in [5, 5.41) is 0. The van der Waals surface area contributed by atoms with Crippen LogP contribution < -0.4 is 0 Å². The van der Waals surface area contributed by atoms with E-state index in [1.165, 1.54) is 0 Å². The molecular weight excluding hydrogens is 116 g/mol. The molecule has 1 nitrogen and oxygen atoms in total. The first-order valence-corrected chi connectivity index (χ1v) is 5.95. The molecule has 0 amide bonds. The van der Waals surface area contributed by atoms with Gasteiger partial charge in [-0.15, -0.1) is 5.54 Å². The summed E-state index contributed by atoms with van der Waals surface area (Å²) in [6.45, 7) is 6.24. The summed E-state index contributed by atoms with van der Waals surface area (Å²) in [4.78, 5) is 9.58. The monoisotopic (exact) mass is 125 g/mol. The molecule has 0 aliphatic rings. The van der Waals surface area contributed by atoms with E-state index in [4.69, 9.17) is 0 Å². The Balaban J connectivity index is 3.87. The third-order valence-corrected chi connectivity index (χ3v) is 1.36. The van der Waals surface area contributed by atoms with Crippen LogP contribution in [-0.2, 0) is 4.79 Å². The molecule has 0 aromatic heterocycles. The lowest BCUT2D eigenvalue weighted by molar-refractivity contribution is 0.566. The predicted molar refractivity (Wildman–Crippen MR) is 36.8 cm³/mol. The van der Waals surface area contributed by atoms with E-state index in [1.54, 1.807) is 6.29 Å². The van der Waals surface area contributed by atoms with Crippen molar-refractivity contribution in [2.24, 2.45) is 0 Å². The van der Waals surface area contributed by atoms with Crippen LogP contribution in [0.4, 0.5) is 0 Å². The molecular formula is C6H9OSi. The fourth-order valence-electron chi connectivity index (χ4n) is 0.213. The van der Waals surface area contributed by atoms with Crippen molar-refractivity contribution in [2.75, 3.05) is 0 Å². The van der Waals surface area contributed by atoms with Crippen LogP contribution in [0.1, 0.15) is 0 Å². The normalized spacial score (nSPS) is 9.38. The van der Waals surface area contributed by atoms with Crippen molar-refractivity contribution in [3.63, 3.8) is 0 Å². The Bertz CT molecular complexity index is 133. The van der Waals surface area contributed by atoms with E-state index in [1.807, 2.05) is 0 Å². The van der Waals surface area contributed by atoms with Gasteiger partial charge in [-0.2, -0.15) is 0 Å². The maximum Gasteiger partial charge on any atom is 0.284 e. The Kier molecular flexibility index (Phi) is 2.50. The van der Waals surface area contributed by atoms with E-state index >= 15 is 0 Å². The van der Waals surface area contributed by atoms with Gasteiger partial charge < -0.3 is 0 Å². The minimum absolute atomic E-state index is 1.30. The second-order valence-corrected chi connectivity index (χ2v) is 7.35. The van der Waals surface area contributed by atoms with Crippen molar-refractivity contribution in [1.29, 1.82) is 0 Å². The summed E-state index contributed by atoms with van der Waals surface area (Å²) in [6.07, 6.45) is 1.55. The van der Waals surface area contributed by atoms with Crippen molar-refractivity contribution in [3.05, 3.63) is 0 Å². The highest BCUT2D eigenvalue weighted by molar-refractivity contribution is 6.84. The SMILES string of the molecule is C[Si](C)(C)C#C[C]=O. The standard InChI is InChI=1S/C6H9OSi/c1-8(2,3)6-4-5-7/h1-3H3. The van der Waals surface area contributed by atoms with Gasteiger partial charge in [0.05, 0.1) is 0 Å². The minimum Gasteiger partial charge on any atom is -0.275 e. The van der Waals surface area contributed by atoms with E-state index < -0.39 is 8.07 Å². The van der Waals surface area contributed by atoms with E-state index in [0.717, 1.165) is 0 Å². The van der Waals surface area contributed by atoms with Gasteiger partial charge in [-0.25, -0.2) is 0 Å². The van der Waals surface area contributed by atoms with Gasteiger partial charge in [-0.05, 0) is 5.92 Å². The Hall–Kier alpha value is -0.553. The zero-order chi connectivity index (χ0) is 6.62. The molecule has 0 aromatic rings. The number of carbonyl (C=O) groups excluding carboxylic acids is 1. The van der Waals surface area contributed by atoms with Crippen LogP contribution in [0.25, 0.3) is 0 Å². The molecule has 0 spiro atoms. The molecule has 0 aliphatic carbocycles. The van der Waals surface area contributed by atoms with Crippen molar-refractivity contribution in [3.8, 4) is 11.5 Å². The summed E-state index contributed by atoms with van der Waals surface area (Å²) < 4.78 is 0. The number of hydrogen-bond acceptors (Lipinski definition) is 1. The fourth-order valence-corrected chi connectivity index (χ4v) is 0.639. The molecule has 0 bridgehead atoms. The van der Waals surface area contributed by atoms with E-state index in [0.29, 0.717) is 0 Å². The lowest BCUT2D eigenvalue weighted by atomic mass is 10.8. The van der Waals surface area contributed by atoms with Crippen LogP contribution >= 0.6 is 0 Å². The van der Waals surface area contributed by atoms with Gasteiger partial charge in [0.2, 0.25) is 0 Å². The van der Waals surface area contributed by atoms with E-state index in [2.05, 4.69) is 31.1 Å². The smallest absolute Gasteiger partial charge is 0.275 e. The first kappa shape index (κ1) is 7.45. The zero-order valence-corrected chi connectivity index (χ0v) is 6.41. The highest BCUT2D eigenvalue weighted by Gasteiger charge is 2.06. The van der Waals surface area contributed by atoms with Crippen LogP contribution in [0.2, 0.25) is 19.6 Å². The van der Waals surface area contributed by atoms with Crippen molar-refractivity contribution < 1.29 is 4.79 Å². The molecule has 0 N–H and O–H groups in total. The molecule has 0 rings (SSSR count). The second-order valence-electron chi connectivity index (χ2n) is 2.60. The van der Waals surface area contributed by atoms with Crippen LogP contribution in [0.5, 0.6) is 0 Å². The van der Waals surface area contributed by atoms with Crippen molar-refractivity contribution in [1.82, 2.24) is 0 Å². The highest BCUT2D eigenvalue weighted by atomic mass is 28.3. The Labute approximate surface area is 51.1 Å². The van der Waals surface area contributed by atoms with E-state index in [-0.39, 0.29) is 0 Å². The second kappa shape index (κ2) is 2.68. The summed E-state index contributed by atoms with van der Waals surface area (Å²) in [5.41, 5.74) is 2.84. The number of hydrogen-bond donors (Lipinski definition) is 0. The molecule has 0 aliphatic heterocycles. The molecule has 0 heterocycles. The summed E-state index contributed by atoms with van der Waals surface area (Å²) >= 11 is 0. The van der Waals surface area contributed by atoms with Crippen molar-refractivity contribution >= 4 is 14.4 Å². The molecule has 0 fully saturated rings. The summed E-state index contributed by atoms with van der Waals surface area (Å²) in [6, 6.07) is 0. The highest BCUT2D eigenvalue weighted by Crippen LogP contribution is 1.94. The van der Waals surface area contributed by atoms with Gasteiger partial charge in [0.25, 0.3) is 6.29 Å². The maximum atomic E-state index is 9.58. The molecule has 0 atom stereocenters. The van der Waals surface area contributed by atoms with Crippen LogP contribution in [-0.4, -0.2) is 14.4 Å². The minimum atomic E-state index is -1.30. The molecule has 0 saturated carbocycles. The average molecular weight is 125 g/mol. The average Bonchev–Trinajstić information content (AvgIpc) is 1.59. The molecule has 0 unspecified atom stereocenters. The molecule has 43 valence electrons. The van der Waals surface area contributed by atoms with Gasteiger partial charge in [-0.1, -0.05) is 19.6 Å². The van der Waals surface area contributed by atoms with Crippen LogP contribution in [0.15, 0.2) is 0 Å². The van der Waals surface area contributed by atoms with Gasteiger partial charge in [0.15, 0.2) is 0 Å². The third kappa shape index (κ3) is 5.45. The quantitative estimate of drug-likeness (QED) is 0.348. The first-order chi connectivity index (χ1) is 3.56. The lowest BCUT2D eigenvalue weighted by Gasteiger charge is -2.01. The Morgan fingerprint density at radius 2 is 1.75 bits per heavy atom. The van der Waals surface area contributed by atoms with Crippen molar-refractivity contribution in [2.45, 2.75) is 19.6 Å². The fraction of sp³-hybridized carbons (Fsp3) is 0.500. The zero-order valence-electron chi connectivity index (χ0n) is 5.41. The van der Waals surface area contributed by atoms with E-state index in [9.17, 15) is 4.79 Å². The Morgan fingerprint density at radius 3 is 1.88 bits per heavy atom. The lowest BCUT2D eigenvalue weighted by Crippen LogP contribution is -2.16. The third-order valence-electron chi connectivity index (χ3n) is 0.489. The topological polar surface area (TPSA) is 17.1 Å². The molecule has 0 aromatic carbocycles. The first-order valence-electron chi connectivity index (χ1n) is 2.45.